The summed E-state index contributed by atoms with van der Waals surface area (Å²) in [7, 11) is 1.45. The molecule has 118 valence electrons. The molecule has 0 radical (unpaired) electrons. The van der Waals surface area contributed by atoms with Crippen LogP contribution < -0.4 is 10.6 Å². The van der Waals surface area contributed by atoms with Gasteiger partial charge >= 0.3 is 6.18 Å². The van der Waals surface area contributed by atoms with Crippen molar-refractivity contribution < 1.29 is 17.6 Å². The van der Waals surface area contributed by atoms with Crippen molar-refractivity contribution >= 4 is 27.3 Å². The summed E-state index contributed by atoms with van der Waals surface area (Å²) in [4.78, 5) is 3.10. The van der Waals surface area contributed by atoms with Crippen molar-refractivity contribution in [3.63, 3.8) is 0 Å². The van der Waals surface area contributed by atoms with Gasteiger partial charge in [-0.05, 0) is 35.5 Å². The second-order valence-corrected chi connectivity index (χ2v) is 6.10. The van der Waals surface area contributed by atoms with E-state index < -0.39 is 18.5 Å². The van der Waals surface area contributed by atoms with Crippen molar-refractivity contribution in [2.75, 3.05) is 37.3 Å². The molecule has 21 heavy (non-hydrogen) atoms. The predicted octanol–water partition coefficient (Wildman–Crippen LogP) is 3.24. The number of benzene rings is 1. The van der Waals surface area contributed by atoms with Crippen LogP contribution in [0.15, 0.2) is 16.6 Å². The van der Waals surface area contributed by atoms with Gasteiger partial charge in [0.05, 0.1) is 22.4 Å². The van der Waals surface area contributed by atoms with Crippen molar-refractivity contribution in [1.29, 1.82) is 0 Å². The number of halogens is 5. The Bertz CT molecular complexity index is 521. The van der Waals surface area contributed by atoms with Crippen molar-refractivity contribution in [2.45, 2.75) is 18.6 Å². The number of nitrogens with zero attached hydrogens (tertiary/aromatic N) is 2. The molecule has 0 aliphatic carbocycles. The molecule has 1 heterocycles. The molecule has 1 aliphatic rings. The first-order valence-electron chi connectivity index (χ1n) is 6.44. The van der Waals surface area contributed by atoms with E-state index in [2.05, 4.69) is 15.9 Å². The fourth-order valence-electron chi connectivity index (χ4n) is 2.56. The van der Waals surface area contributed by atoms with Crippen LogP contribution in [0.1, 0.15) is 6.42 Å². The van der Waals surface area contributed by atoms with Crippen molar-refractivity contribution in [3.8, 4) is 0 Å². The van der Waals surface area contributed by atoms with E-state index in [9.17, 15) is 17.6 Å². The second-order valence-electron chi connectivity index (χ2n) is 5.24. The number of nitrogens with two attached hydrogens (primary N) is 1. The Labute approximate surface area is 128 Å². The largest absolute Gasteiger partial charge is 0.401 e. The number of likely N-dealkylation sites (N-methyl/N-ethyl adjacent to an activating group) is 1. The summed E-state index contributed by atoms with van der Waals surface area (Å²) >= 11 is 3.05. The van der Waals surface area contributed by atoms with Gasteiger partial charge in [-0.1, -0.05) is 0 Å². The van der Waals surface area contributed by atoms with Crippen LogP contribution in [0.5, 0.6) is 0 Å². The van der Waals surface area contributed by atoms with E-state index in [0.29, 0.717) is 30.9 Å². The summed E-state index contributed by atoms with van der Waals surface area (Å²) in [6.45, 7) is 0.00563. The monoisotopic (exact) mass is 369 g/mol. The third kappa shape index (κ3) is 4.00. The Hall–Kier alpha value is -1.02. The molecule has 0 aromatic heterocycles. The van der Waals surface area contributed by atoms with E-state index in [4.69, 9.17) is 5.73 Å². The van der Waals surface area contributed by atoms with Gasteiger partial charge in [0.15, 0.2) is 0 Å². The van der Waals surface area contributed by atoms with Crippen LogP contribution >= 0.6 is 15.9 Å². The zero-order valence-electron chi connectivity index (χ0n) is 11.4. The zero-order chi connectivity index (χ0) is 15.8. The number of hydrogen-bond acceptors (Lipinski definition) is 3. The lowest BCUT2D eigenvalue weighted by Crippen LogP contribution is -2.40. The fourth-order valence-corrected chi connectivity index (χ4v) is 2.92. The third-order valence-electron chi connectivity index (χ3n) is 3.63. The van der Waals surface area contributed by atoms with Crippen LogP contribution in [0.4, 0.5) is 28.9 Å². The molecular formula is C13H16BrF4N3. The van der Waals surface area contributed by atoms with E-state index in [-0.39, 0.29) is 10.5 Å². The summed E-state index contributed by atoms with van der Waals surface area (Å²) in [5, 5.41) is 0. The van der Waals surface area contributed by atoms with Crippen molar-refractivity contribution in [1.82, 2.24) is 4.90 Å². The summed E-state index contributed by atoms with van der Waals surface area (Å²) in [6, 6.07) is 2.56. The Morgan fingerprint density at radius 1 is 1.43 bits per heavy atom. The van der Waals surface area contributed by atoms with E-state index in [1.54, 1.807) is 0 Å². The Morgan fingerprint density at radius 2 is 2.10 bits per heavy atom. The molecule has 1 aliphatic heterocycles. The molecule has 1 saturated heterocycles. The second kappa shape index (κ2) is 6.00. The smallest absolute Gasteiger partial charge is 0.397 e. The highest BCUT2D eigenvalue weighted by molar-refractivity contribution is 9.10. The van der Waals surface area contributed by atoms with Gasteiger partial charge in [0, 0.05) is 25.2 Å². The maximum Gasteiger partial charge on any atom is 0.401 e. The minimum atomic E-state index is -4.22. The molecule has 1 atom stereocenters. The number of nitrogen functional groups attached to an aromatic ring is 1. The van der Waals surface area contributed by atoms with E-state index in [0.717, 1.165) is 0 Å². The number of hydrogen-bond donors (Lipinski definition) is 1. The maximum absolute atomic E-state index is 13.6. The molecular weight excluding hydrogens is 354 g/mol. The number of rotatable bonds is 3. The fraction of sp³-hybridized carbons (Fsp3) is 0.538. The van der Waals surface area contributed by atoms with E-state index in [1.165, 1.54) is 24.1 Å². The summed E-state index contributed by atoms with van der Waals surface area (Å²) in [5.41, 5.74) is 6.79. The van der Waals surface area contributed by atoms with Gasteiger partial charge in [0.1, 0.15) is 5.82 Å². The summed E-state index contributed by atoms with van der Waals surface area (Å²) in [5.74, 6) is -0.439. The predicted molar refractivity (Wildman–Crippen MR) is 77.8 cm³/mol. The van der Waals surface area contributed by atoms with Crippen LogP contribution in [-0.4, -0.2) is 43.8 Å². The van der Waals surface area contributed by atoms with E-state index >= 15 is 0 Å². The molecule has 2 rings (SSSR count). The molecule has 2 N–H and O–H groups in total. The molecule has 0 bridgehead atoms. The Balaban J connectivity index is 2.07. The zero-order valence-corrected chi connectivity index (χ0v) is 13.0. The maximum atomic E-state index is 13.6. The number of anilines is 2. The molecule has 0 unspecified atom stereocenters. The standard InChI is InChI=1S/C13H16BrF4N3/c1-20(7-13(16,17)18)8-2-3-21(6-8)12-5-10(15)9(14)4-11(12)19/h4-5,8H,2-3,6-7,19H2,1H3/t8-/m1/s1. The minimum absolute atomic E-state index is 0.224. The molecule has 1 aromatic rings. The highest BCUT2D eigenvalue weighted by atomic mass is 79.9. The lowest BCUT2D eigenvalue weighted by atomic mass is 10.2. The van der Waals surface area contributed by atoms with Crippen LogP contribution in [0.25, 0.3) is 0 Å². The lowest BCUT2D eigenvalue weighted by molar-refractivity contribution is -0.146. The quantitative estimate of drug-likeness (QED) is 0.655. The Kier molecular flexibility index (Phi) is 4.67. The first kappa shape index (κ1) is 16.4. The normalized spacial score (nSPS) is 19.6. The van der Waals surface area contributed by atoms with Gasteiger partial charge in [-0.3, -0.25) is 4.90 Å². The SMILES string of the molecule is CN(CC(F)(F)F)[C@@H]1CCN(c2cc(F)c(Br)cc2N)C1. The average Bonchev–Trinajstić information content (AvgIpc) is 2.81. The first-order chi connectivity index (χ1) is 9.67. The van der Waals surface area contributed by atoms with Gasteiger partial charge in [-0.15, -0.1) is 0 Å². The Morgan fingerprint density at radius 3 is 2.71 bits per heavy atom. The van der Waals surface area contributed by atoms with Gasteiger partial charge < -0.3 is 10.6 Å². The van der Waals surface area contributed by atoms with Gasteiger partial charge in [0.25, 0.3) is 0 Å². The summed E-state index contributed by atoms with van der Waals surface area (Å²) in [6.07, 6.45) is -3.63. The van der Waals surface area contributed by atoms with Crippen LogP contribution in [-0.2, 0) is 0 Å². The van der Waals surface area contributed by atoms with Crippen LogP contribution in [0.3, 0.4) is 0 Å². The van der Waals surface area contributed by atoms with Gasteiger partial charge in [0.2, 0.25) is 0 Å². The van der Waals surface area contributed by atoms with Gasteiger partial charge in [-0.2, -0.15) is 13.2 Å². The topological polar surface area (TPSA) is 32.5 Å². The van der Waals surface area contributed by atoms with Gasteiger partial charge in [-0.25, -0.2) is 4.39 Å². The molecule has 1 fully saturated rings. The van der Waals surface area contributed by atoms with Crippen LogP contribution in [0.2, 0.25) is 0 Å². The lowest BCUT2D eigenvalue weighted by Gasteiger charge is -2.26. The van der Waals surface area contributed by atoms with Crippen LogP contribution in [0, 0.1) is 5.82 Å². The van der Waals surface area contributed by atoms with E-state index in [1.807, 2.05) is 4.90 Å². The molecule has 3 nitrogen and oxygen atoms in total. The third-order valence-corrected chi connectivity index (χ3v) is 4.23. The molecule has 0 saturated carbocycles. The molecule has 0 amide bonds. The highest BCUT2D eigenvalue weighted by Crippen LogP contribution is 2.32. The highest BCUT2D eigenvalue weighted by Gasteiger charge is 2.35. The molecule has 8 heteroatoms. The first-order valence-corrected chi connectivity index (χ1v) is 7.23. The summed E-state index contributed by atoms with van der Waals surface area (Å²) < 4.78 is 51.1. The molecule has 1 aromatic carbocycles. The van der Waals surface area contributed by atoms with Crippen molar-refractivity contribution in [2.24, 2.45) is 0 Å². The average molecular weight is 370 g/mol. The van der Waals surface area contributed by atoms with Crippen molar-refractivity contribution in [3.05, 3.63) is 22.4 Å². The molecule has 0 spiro atoms. The number of alkyl halides is 3. The minimum Gasteiger partial charge on any atom is -0.397 e.